The summed E-state index contributed by atoms with van der Waals surface area (Å²) in [6.45, 7) is 1.62. The number of methoxy groups -OCH3 is 1. The number of hydrogen-bond acceptors (Lipinski definition) is 3. The Kier molecular flexibility index (Phi) is 4.93. The van der Waals surface area contributed by atoms with Crippen LogP contribution in [0, 0.1) is 11.6 Å². The standard InChI is InChI=1S/C16H16F2N2O2/c1-10(19-12-4-6-13(22-2)7-5-12)16(21)20-15-9-11(17)3-8-14(15)18/h3-10,19H,1-2H3,(H,20,21). The fourth-order valence-electron chi connectivity index (χ4n) is 1.84. The Morgan fingerprint density at radius 2 is 1.82 bits per heavy atom. The van der Waals surface area contributed by atoms with Crippen LogP contribution in [0.4, 0.5) is 20.2 Å². The molecule has 2 rings (SSSR count). The van der Waals surface area contributed by atoms with Crippen LogP contribution in [0.2, 0.25) is 0 Å². The number of halogens is 2. The minimum atomic E-state index is -0.689. The normalized spacial score (nSPS) is 11.6. The lowest BCUT2D eigenvalue weighted by atomic mass is 10.2. The zero-order valence-corrected chi connectivity index (χ0v) is 12.2. The molecular formula is C16H16F2N2O2. The molecule has 0 bridgehead atoms. The molecule has 0 aliphatic carbocycles. The van der Waals surface area contributed by atoms with Gasteiger partial charge >= 0.3 is 0 Å². The summed E-state index contributed by atoms with van der Waals surface area (Å²) in [7, 11) is 1.56. The van der Waals surface area contributed by atoms with E-state index in [-0.39, 0.29) is 5.69 Å². The summed E-state index contributed by atoms with van der Waals surface area (Å²) in [5, 5.41) is 5.32. The maximum atomic E-state index is 13.5. The van der Waals surface area contributed by atoms with Crippen molar-refractivity contribution in [1.82, 2.24) is 0 Å². The molecular weight excluding hydrogens is 290 g/mol. The van der Waals surface area contributed by atoms with Crippen LogP contribution in [-0.4, -0.2) is 19.1 Å². The first-order valence-corrected chi connectivity index (χ1v) is 6.66. The molecule has 0 spiro atoms. The van der Waals surface area contributed by atoms with Gasteiger partial charge in [-0.05, 0) is 43.3 Å². The number of ether oxygens (including phenoxy) is 1. The fourth-order valence-corrected chi connectivity index (χ4v) is 1.84. The lowest BCUT2D eigenvalue weighted by Crippen LogP contribution is -2.32. The van der Waals surface area contributed by atoms with Crippen LogP contribution in [0.3, 0.4) is 0 Å². The van der Waals surface area contributed by atoms with E-state index in [1.54, 1.807) is 38.3 Å². The topological polar surface area (TPSA) is 50.4 Å². The average molecular weight is 306 g/mol. The van der Waals surface area contributed by atoms with Crippen LogP contribution in [0.5, 0.6) is 5.75 Å². The molecule has 0 radical (unpaired) electrons. The molecule has 0 saturated carbocycles. The average Bonchev–Trinajstić information content (AvgIpc) is 2.51. The molecule has 2 aromatic rings. The molecule has 0 fully saturated rings. The molecule has 2 aromatic carbocycles. The first-order chi connectivity index (χ1) is 10.5. The van der Waals surface area contributed by atoms with Crippen molar-refractivity contribution in [1.29, 1.82) is 0 Å². The Bertz CT molecular complexity index is 660. The van der Waals surface area contributed by atoms with Gasteiger partial charge in [-0.3, -0.25) is 4.79 Å². The molecule has 0 aliphatic rings. The van der Waals surface area contributed by atoms with E-state index >= 15 is 0 Å². The van der Waals surface area contributed by atoms with E-state index in [2.05, 4.69) is 10.6 Å². The van der Waals surface area contributed by atoms with Gasteiger partial charge in [-0.2, -0.15) is 0 Å². The largest absolute Gasteiger partial charge is 0.497 e. The second-order valence-electron chi connectivity index (χ2n) is 4.71. The highest BCUT2D eigenvalue weighted by atomic mass is 19.1. The van der Waals surface area contributed by atoms with E-state index in [9.17, 15) is 13.6 Å². The molecule has 2 N–H and O–H groups in total. The van der Waals surface area contributed by atoms with Gasteiger partial charge in [0.05, 0.1) is 12.8 Å². The Hall–Kier alpha value is -2.63. The van der Waals surface area contributed by atoms with Gasteiger partial charge in [0, 0.05) is 11.8 Å². The van der Waals surface area contributed by atoms with Crippen LogP contribution < -0.4 is 15.4 Å². The number of carbonyl (C=O) groups is 1. The van der Waals surface area contributed by atoms with Crippen molar-refractivity contribution < 1.29 is 18.3 Å². The minimum absolute atomic E-state index is 0.187. The number of nitrogens with one attached hydrogen (secondary N) is 2. The SMILES string of the molecule is COc1ccc(NC(C)C(=O)Nc2cc(F)ccc2F)cc1. The Morgan fingerprint density at radius 3 is 2.45 bits per heavy atom. The summed E-state index contributed by atoms with van der Waals surface area (Å²) in [5.41, 5.74) is 0.525. The number of anilines is 2. The van der Waals surface area contributed by atoms with Crippen molar-refractivity contribution in [3.8, 4) is 5.75 Å². The number of hydrogen-bond donors (Lipinski definition) is 2. The van der Waals surface area contributed by atoms with Gasteiger partial charge in [-0.15, -0.1) is 0 Å². The lowest BCUT2D eigenvalue weighted by Gasteiger charge is -2.16. The lowest BCUT2D eigenvalue weighted by molar-refractivity contribution is -0.116. The third-order valence-corrected chi connectivity index (χ3v) is 3.05. The van der Waals surface area contributed by atoms with Crippen molar-refractivity contribution in [2.24, 2.45) is 0 Å². The van der Waals surface area contributed by atoms with Crippen LogP contribution in [0.25, 0.3) is 0 Å². The van der Waals surface area contributed by atoms with Crippen molar-refractivity contribution >= 4 is 17.3 Å². The van der Waals surface area contributed by atoms with Crippen LogP contribution >= 0.6 is 0 Å². The van der Waals surface area contributed by atoms with Gasteiger partial charge in [-0.1, -0.05) is 0 Å². The molecule has 0 heterocycles. The number of rotatable bonds is 5. The Morgan fingerprint density at radius 1 is 1.14 bits per heavy atom. The number of benzene rings is 2. The molecule has 22 heavy (non-hydrogen) atoms. The molecule has 116 valence electrons. The van der Waals surface area contributed by atoms with E-state index in [0.29, 0.717) is 11.4 Å². The van der Waals surface area contributed by atoms with E-state index in [1.807, 2.05) is 0 Å². The number of amides is 1. The molecule has 1 amide bonds. The van der Waals surface area contributed by atoms with Crippen LogP contribution in [0.1, 0.15) is 6.92 Å². The van der Waals surface area contributed by atoms with Gasteiger partial charge < -0.3 is 15.4 Å². The first kappa shape index (κ1) is 15.8. The monoisotopic (exact) mass is 306 g/mol. The molecule has 1 atom stereocenters. The van der Waals surface area contributed by atoms with Crippen molar-refractivity contribution in [3.05, 3.63) is 54.1 Å². The van der Waals surface area contributed by atoms with Crippen molar-refractivity contribution in [2.75, 3.05) is 17.7 Å². The molecule has 1 unspecified atom stereocenters. The second-order valence-corrected chi connectivity index (χ2v) is 4.71. The van der Waals surface area contributed by atoms with Gasteiger partial charge in [0.2, 0.25) is 5.91 Å². The molecule has 6 heteroatoms. The van der Waals surface area contributed by atoms with Crippen LogP contribution in [-0.2, 0) is 4.79 Å². The quantitative estimate of drug-likeness (QED) is 0.890. The summed E-state index contributed by atoms with van der Waals surface area (Å²) >= 11 is 0. The second kappa shape index (κ2) is 6.89. The third-order valence-electron chi connectivity index (χ3n) is 3.05. The smallest absolute Gasteiger partial charge is 0.246 e. The van der Waals surface area contributed by atoms with Crippen molar-refractivity contribution in [2.45, 2.75) is 13.0 Å². The highest BCUT2D eigenvalue weighted by molar-refractivity contribution is 5.96. The molecule has 0 saturated heterocycles. The Balaban J connectivity index is 2.00. The summed E-state index contributed by atoms with van der Waals surface area (Å²) in [4.78, 5) is 12.0. The minimum Gasteiger partial charge on any atom is -0.497 e. The number of carbonyl (C=O) groups excluding carboxylic acids is 1. The molecule has 4 nitrogen and oxygen atoms in total. The predicted molar refractivity (Wildman–Crippen MR) is 81.1 cm³/mol. The van der Waals surface area contributed by atoms with Gasteiger partial charge in [0.25, 0.3) is 0 Å². The first-order valence-electron chi connectivity index (χ1n) is 6.66. The Labute approximate surface area is 127 Å². The summed E-state index contributed by atoms with van der Waals surface area (Å²) < 4.78 is 31.6. The highest BCUT2D eigenvalue weighted by Gasteiger charge is 2.15. The fraction of sp³-hybridized carbons (Fsp3) is 0.188. The summed E-state index contributed by atoms with van der Waals surface area (Å²) in [5.74, 6) is -1.08. The maximum Gasteiger partial charge on any atom is 0.246 e. The summed E-state index contributed by atoms with van der Waals surface area (Å²) in [6.07, 6.45) is 0. The van der Waals surface area contributed by atoms with Crippen LogP contribution in [0.15, 0.2) is 42.5 Å². The van der Waals surface area contributed by atoms with Gasteiger partial charge in [0.15, 0.2) is 0 Å². The highest BCUT2D eigenvalue weighted by Crippen LogP contribution is 2.18. The summed E-state index contributed by atoms with van der Waals surface area (Å²) in [6, 6.07) is 9.27. The predicted octanol–water partition coefficient (Wildman–Crippen LogP) is 3.41. The van der Waals surface area contributed by atoms with Crippen molar-refractivity contribution in [3.63, 3.8) is 0 Å². The van der Waals surface area contributed by atoms with E-state index in [4.69, 9.17) is 4.74 Å². The van der Waals surface area contributed by atoms with E-state index < -0.39 is 23.6 Å². The maximum absolute atomic E-state index is 13.5. The van der Waals surface area contributed by atoms with E-state index in [0.717, 1.165) is 18.2 Å². The zero-order valence-electron chi connectivity index (χ0n) is 12.2. The molecule has 0 aliphatic heterocycles. The zero-order chi connectivity index (χ0) is 16.1. The van der Waals surface area contributed by atoms with E-state index in [1.165, 1.54) is 0 Å². The van der Waals surface area contributed by atoms with Gasteiger partial charge in [0.1, 0.15) is 23.4 Å². The van der Waals surface area contributed by atoms with Gasteiger partial charge in [-0.25, -0.2) is 8.78 Å². The third kappa shape index (κ3) is 3.94. The molecule has 0 aromatic heterocycles.